The maximum absolute atomic E-state index is 6.23. The standard InChI is InChI=1S/C27H57ClO9Si/c1-4-7-12-29-15-18-32-21-24-35-38(27-10-11-28,36-25-22-33-19-16-30-13-8-5-2)37-26-23-34-20-17-31-14-9-6-3/h4-27H2,1-3H3. The lowest BCUT2D eigenvalue weighted by atomic mass is 10.4. The fourth-order valence-electron chi connectivity index (χ4n) is 3.10. The second-order valence-electron chi connectivity index (χ2n) is 8.76. The third-order valence-electron chi connectivity index (χ3n) is 5.31. The van der Waals surface area contributed by atoms with E-state index < -0.39 is 8.80 Å². The van der Waals surface area contributed by atoms with Crippen LogP contribution in [0.5, 0.6) is 0 Å². The first-order valence-electron chi connectivity index (χ1n) is 14.7. The Morgan fingerprint density at radius 1 is 0.395 bits per heavy atom. The maximum atomic E-state index is 6.23. The van der Waals surface area contributed by atoms with Gasteiger partial charge in [-0.3, -0.25) is 0 Å². The summed E-state index contributed by atoms with van der Waals surface area (Å²) in [5.41, 5.74) is 0. The summed E-state index contributed by atoms with van der Waals surface area (Å²) in [6.45, 7) is 14.6. The van der Waals surface area contributed by atoms with Gasteiger partial charge in [0.05, 0.1) is 79.3 Å². The molecule has 0 unspecified atom stereocenters. The first-order valence-corrected chi connectivity index (χ1v) is 17.2. The molecule has 0 aliphatic rings. The number of unbranched alkanes of at least 4 members (excludes halogenated alkanes) is 3. The molecule has 0 radical (unpaired) electrons. The molecule has 0 N–H and O–H groups in total. The molecule has 0 heterocycles. The summed E-state index contributed by atoms with van der Waals surface area (Å²) < 4.78 is 52.3. The van der Waals surface area contributed by atoms with Gasteiger partial charge in [0.2, 0.25) is 0 Å². The molecule has 0 aliphatic carbocycles. The van der Waals surface area contributed by atoms with Crippen molar-refractivity contribution in [1.29, 1.82) is 0 Å². The summed E-state index contributed by atoms with van der Waals surface area (Å²) in [6.07, 6.45) is 7.31. The second-order valence-corrected chi connectivity index (χ2v) is 11.9. The SMILES string of the molecule is CCCCOCCOCCO[Si](CCCCl)(OCCOCCOCCCC)OCCOCCOCCCC. The topological polar surface area (TPSA) is 83.1 Å². The molecular weight excluding hydrogens is 532 g/mol. The maximum Gasteiger partial charge on any atom is 0.501 e. The molecule has 0 amide bonds. The van der Waals surface area contributed by atoms with Gasteiger partial charge in [-0.15, -0.1) is 11.6 Å². The highest BCUT2D eigenvalue weighted by molar-refractivity contribution is 6.60. The Bertz CT molecular complexity index is 398. The third kappa shape index (κ3) is 26.4. The van der Waals surface area contributed by atoms with Crippen molar-refractivity contribution in [1.82, 2.24) is 0 Å². The van der Waals surface area contributed by atoms with Crippen molar-refractivity contribution >= 4 is 20.4 Å². The van der Waals surface area contributed by atoms with Gasteiger partial charge in [0, 0.05) is 31.7 Å². The van der Waals surface area contributed by atoms with E-state index in [-0.39, 0.29) is 0 Å². The summed E-state index contributed by atoms with van der Waals surface area (Å²) >= 11 is 6.01. The Morgan fingerprint density at radius 2 is 0.684 bits per heavy atom. The molecule has 230 valence electrons. The van der Waals surface area contributed by atoms with E-state index in [1.54, 1.807) is 0 Å². The van der Waals surface area contributed by atoms with Gasteiger partial charge in [0.15, 0.2) is 0 Å². The Labute approximate surface area is 238 Å². The van der Waals surface area contributed by atoms with Gasteiger partial charge in [-0.1, -0.05) is 40.0 Å². The van der Waals surface area contributed by atoms with E-state index in [4.69, 9.17) is 53.3 Å². The van der Waals surface area contributed by atoms with Crippen molar-refractivity contribution in [3.05, 3.63) is 0 Å². The lowest BCUT2D eigenvalue weighted by Crippen LogP contribution is -2.48. The minimum Gasteiger partial charge on any atom is -0.379 e. The average Bonchev–Trinajstić information content (AvgIpc) is 2.93. The molecule has 0 saturated carbocycles. The number of alkyl halides is 1. The van der Waals surface area contributed by atoms with Crippen LogP contribution >= 0.6 is 11.6 Å². The van der Waals surface area contributed by atoms with Crippen molar-refractivity contribution in [2.24, 2.45) is 0 Å². The van der Waals surface area contributed by atoms with Gasteiger partial charge >= 0.3 is 8.80 Å². The molecular formula is C27H57ClO9Si. The first kappa shape index (κ1) is 38.1. The smallest absolute Gasteiger partial charge is 0.379 e. The van der Waals surface area contributed by atoms with Crippen LogP contribution in [0.4, 0.5) is 0 Å². The lowest BCUT2D eigenvalue weighted by Gasteiger charge is -2.29. The van der Waals surface area contributed by atoms with E-state index in [1.165, 1.54) is 0 Å². The van der Waals surface area contributed by atoms with Crippen LogP contribution in [-0.4, -0.2) is 114 Å². The Morgan fingerprint density at radius 3 is 0.974 bits per heavy atom. The number of hydrogen-bond acceptors (Lipinski definition) is 9. The first-order chi connectivity index (χ1) is 18.7. The Balaban J connectivity index is 4.49. The predicted molar refractivity (Wildman–Crippen MR) is 153 cm³/mol. The average molecular weight is 589 g/mol. The fraction of sp³-hybridized carbons (Fsp3) is 1.00. The van der Waals surface area contributed by atoms with E-state index in [9.17, 15) is 0 Å². The predicted octanol–water partition coefficient (Wildman–Crippen LogP) is 5.10. The van der Waals surface area contributed by atoms with Crippen molar-refractivity contribution in [3.8, 4) is 0 Å². The number of ether oxygens (including phenoxy) is 6. The normalized spacial score (nSPS) is 12.0. The molecule has 0 aromatic heterocycles. The van der Waals surface area contributed by atoms with Gasteiger partial charge < -0.3 is 41.7 Å². The van der Waals surface area contributed by atoms with Gasteiger partial charge in [0.25, 0.3) is 0 Å². The quantitative estimate of drug-likeness (QED) is 0.0590. The van der Waals surface area contributed by atoms with E-state index in [1.807, 2.05) is 0 Å². The van der Waals surface area contributed by atoms with Crippen LogP contribution < -0.4 is 0 Å². The molecule has 11 heteroatoms. The molecule has 38 heavy (non-hydrogen) atoms. The van der Waals surface area contributed by atoms with Gasteiger partial charge in [-0.25, -0.2) is 0 Å². The zero-order valence-electron chi connectivity index (χ0n) is 24.5. The van der Waals surface area contributed by atoms with Crippen LogP contribution in [-0.2, 0) is 41.7 Å². The highest BCUT2D eigenvalue weighted by atomic mass is 35.5. The monoisotopic (exact) mass is 588 g/mol. The summed E-state index contributed by atoms with van der Waals surface area (Å²) in [7, 11) is -2.99. The largest absolute Gasteiger partial charge is 0.501 e. The molecule has 0 aromatic carbocycles. The highest BCUT2D eigenvalue weighted by Gasteiger charge is 2.40. The van der Waals surface area contributed by atoms with E-state index in [2.05, 4.69) is 20.8 Å². The molecule has 0 aromatic rings. The summed E-state index contributed by atoms with van der Waals surface area (Å²) in [6, 6.07) is 0.622. The molecule has 0 rings (SSSR count). The highest BCUT2D eigenvalue weighted by Crippen LogP contribution is 2.19. The van der Waals surface area contributed by atoms with Gasteiger partial charge in [0.1, 0.15) is 0 Å². The summed E-state index contributed by atoms with van der Waals surface area (Å²) in [5.74, 6) is 0.508. The number of rotatable bonds is 33. The number of hydrogen-bond donors (Lipinski definition) is 0. The summed E-state index contributed by atoms with van der Waals surface area (Å²) in [5, 5.41) is 0. The van der Waals surface area contributed by atoms with Crippen molar-refractivity contribution < 1.29 is 41.7 Å². The molecule has 0 aliphatic heterocycles. The molecule has 0 atom stereocenters. The Kier molecular flexibility index (Phi) is 31.8. The van der Waals surface area contributed by atoms with E-state index in [0.29, 0.717) is 91.2 Å². The molecule has 9 nitrogen and oxygen atoms in total. The molecule has 0 fully saturated rings. The van der Waals surface area contributed by atoms with Crippen LogP contribution in [0.1, 0.15) is 65.7 Å². The van der Waals surface area contributed by atoms with Crippen LogP contribution in [0, 0.1) is 0 Å². The number of halogens is 1. The third-order valence-corrected chi connectivity index (χ3v) is 8.47. The zero-order chi connectivity index (χ0) is 27.8. The van der Waals surface area contributed by atoms with Crippen LogP contribution in [0.25, 0.3) is 0 Å². The molecule has 0 bridgehead atoms. The molecule has 0 spiro atoms. The van der Waals surface area contributed by atoms with Gasteiger partial charge in [-0.2, -0.15) is 0 Å². The fourth-order valence-corrected chi connectivity index (χ4v) is 5.93. The van der Waals surface area contributed by atoms with Crippen LogP contribution in [0.2, 0.25) is 6.04 Å². The second kappa shape index (κ2) is 31.7. The van der Waals surface area contributed by atoms with Crippen molar-refractivity contribution in [2.75, 3.05) is 105 Å². The van der Waals surface area contributed by atoms with Crippen molar-refractivity contribution in [3.63, 3.8) is 0 Å². The Hall–Kier alpha value is 0.147. The minimum absolute atomic E-state index is 0.377. The van der Waals surface area contributed by atoms with E-state index in [0.717, 1.165) is 64.8 Å². The molecule has 0 saturated heterocycles. The van der Waals surface area contributed by atoms with Crippen LogP contribution in [0.3, 0.4) is 0 Å². The zero-order valence-corrected chi connectivity index (χ0v) is 26.3. The van der Waals surface area contributed by atoms with Crippen LogP contribution in [0.15, 0.2) is 0 Å². The lowest BCUT2D eigenvalue weighted by molar-refractivity contribution is -0.0161. The van der Waals surface area contributed by atoms with Gasteiger partial charge in [-0.05, 0) is 25.7 Å². The summed E-state index contributed by atoms with van der Waals surface area (Å²) in [4.78, 5) is 0. The van der Waals surface area contributed by atoms with Crippen molar-refractivity contribution in [2.45, 2.75) is 71.8 Å². The van der Waals surface area contributed by atoms with E-state index >= 15 is 0 Å². The minimum atomic E-state index is -2.99.